The van der Waals surface area contributed by atoms with Crippen LogP contribution in [0.4, 0.5) is 15.8 Å². The lowest BCUT2D eigenvalue weighted by molar-refractivity contribution is 0.0321. The third kappa shape index (κ3) is 4.98. The van der Waals surface area contributed by atoms with Gasteiger partial charge in [0.2, 0.25) is 0 Å². The number of hydrogen-bond acceptors (Lipinski definition) is 8. The zero-order valence-corrected chi connectivity index (χ0v) is 21.8. The van der Waals surface area contributed by atoms with Gasteiger partial charge in [-0.2, -0.15) is 5.26 Å². The van der Waals surface area contributed by atoms with Gasteiger partial charge in [-0.3, -0.25) is 9.88 Å². The summed E-state index contributed by atoms with van der Waals surface area (Å²) in [6.45, 7) is 4.59. The topological polar surface area (TPSA) is 88.9 Å². The van der Waals surface area contributed by atoms with Crippen molar-refractivity contribution in [2.45, 2.75) is 0 Å². The van der Waals surface area contributed by atoms with Gasteiger partial charge in [-0.25, -0.2) is 4.39 Å². The van der Waals surface area contributed by atoms with Crippen LogP contribution >= 0.6 is 11.6 Å². The maximum atomic E-state index is 14.1. The Kier molecular flexibility index (Phi) is 7.65. The maximum Gasteiger partial charge on any atom is 0.168 e. The van der Waals surface area contributed by atoms with E-state index in [1.807, 2.05) is 24.3 Å². The monoisotopic (exact) mass is 536 g/mol. The van der Waals surface area contributed by atoms with Gasteiger partial charge in [-0.1, -0.05) is 11.6 Å². The zero-order valence-electron chi connectivity index (χ0n) is 21.0. The van der Waals surface area contributed by atoms with Crippen molar-refractivity contribution >= 4 is 44.7 Å². The molecule has 3 aromatic carbocycles. The molecular weight excluding hydrogens is 511 g/mol. The summed E-state index contributed by atoms with van der Waals surface area (Å²) in [6, 6.07) is 12.4. The van der Waals surface area contributed by atoms with Gasteiger partial charge in [0.1, 0.15) is 12.7 Å². The number of fused-ring (bicyclic) bond motifs is 3. The second kappa shape index (κ2) is 11.3. The highest BCUT2D eigenvalue weighted by atomic mass is 35.5. The molecule has 1 aromatic heterocycles. The molecule has 1 N–H and O–H groups in total. The molecule has 2 heterocycles. The molecule has 0 unspecified atom stereocenters. The Morgan fingerprint density at radius 1 is 1.08 bits per heavy atom. The Morgan fingerprint density at radius 3 is 2.58 bits per heavy atom. The molecule has 38 heavy (non-hydrogen) atoms. The van der Waals surface area contributed by atoms with Crippen molar-refractivity contribution in [3.05, 3.63) is 59.0 Å². The van der Waals surface area contributed by atoms with E-state index < -0.39 is 5.82 Å². The number of nitriles is 1. The Hall–Kier alpha value is -3.84. The lowest BCUT2D eigenvalue weighted by atomic mass is 10.0. The highest BCUT2D eigenvalue weighted by Crippen LogP contribution is 2.41. The van der Waals surface area contributed by atoms with Crippen molar-refractivity contribution in [1.29, 1.82) is 5.26 Å². The quantitative estimate of drug-likeness (QED) is 0.294. The normalized spacial score (nSPS) is 13.9. The van der Waals surface area contributed by atoms with Gasteiger partial charge in [0.05, 0.1) is 54.9 Å². The van der Waals surface area contributed by atoms with Gasteiger partial charge in [0.25, 0.3) is 0 Å². The summed E-state index contributed by atoms with van der Waals surface area (Å²) in [4.78, 5) is 6.89. The van der Waals surface area contributed by atoms with Crippen LogP contribution in [0.3, 0.4) is 0 Å². The number of pyridine rings is 1. The second-order valence-electron chi connectivity index (χ2n) is 8.71. The number of methoxy groups -OCH3 is 2. The minimum atomic E-state index is -0.579. The van der Waals surface area contributed by atoms with Gasteiger partial charge in [0, 0.05) is 48.1 Å². The number of morpholine rings is 1. The first-order chi connectivity index (χ1) is 18.5. The molecule has 5 rings (SSSR count). The molecule has 1 fully saturated rings. The molecule has 1 saturated heterocycles. The number of halogens is 2. The lowest BCUT2D eigenvalue weighted by Gasteiger charge is -2.26. The van der Waals surface area contributed by atoms with Crippen LogP contribution in [0.15, 0.2) is 42.6 Å². The van der Waals surface area contributed by atoms with Crippen LogP contribution in [-0.2, 0) is 4.74 Å². The first-order valence-corrected chi connectivity index (χ1v) is 12.5. The molecule has 1 aliphatic rings. The maximum absolute atomic E-state index is 14.1. The van der Waals surface area contributed by atoms with Crippen molar-refractivity contribution in [3.63, 3.8) is 0 Å². The SMILES string of the molecule is COc1cc(Nc2c(C#N)cnc3c2ccc2c(OC)c(OCCN4CCOCC4)ccc23)c(Cl)cc1F. The molecule has 0 spiro atoms. The smallest absolute Gasteiger partial charge is 0.168 e. The highest BCUT2D eigenvalue weighted by molar-refractivity contribution is 6.33. The highest BCUT2D eigenvalue weighted by Gasteiger charge is 2.18. The van der Waals surface area contributed by atoms with E-state index in [1.165, 1.54) is 25.4 Å². The Morgan fingerprint density at radius 2 is 1.84 bits per heavy atom. The Balaban J connectivity index is 1.52. The number of rotatable bonds is 8. The van der Waals surface area contributed by atoms with Gasteiger partial charge in [0.15, 0.2) is 23.1 Å². The summed E-state index contributed by atoms with van der Waals surface area (Å²) in [5.74, 6) is 0.706. The van der Waals surface area contributed by atoms with Crippen LogP contribution in [0, 0.1) is 17.1 Å². The van der Waals surface area contributed by atoms with Crippen molar-refractivity contribution in [1.82, 2.24) is 9.88 Å². The molecule has 0 bridgehead atoms. The molecule has 0 atom stereocenters. The fraction of sp³-hybridized carbons (Fsp3) is 0.286. The summed E-state index contributed by atoms with van der Waals surface area (Å²) in [7, 11) is 2.98. The molecular formula is C28H26ClFN4O4. The lowest BCUT2D eigenvalue weighted by Crippen LogP contribution is -2.38. The van der Waals surface area contributed by atoms with Gasteiger partial charge < -0.3 is 24.3 Å². The van der Waals surface area contributed by atoms with Gasteiger partial charge >= 0.3 is 0 Å². The van der Waals surface area contributed by atoms with Crippen LogP contribution < -0.4 is 19.5 Å². The minimum Gasteiger partial charge on any atom is -0.494 e. The predicted octanol–water partition coefficient (Wildman–Crippen LogP) is 5.52. The third-order valence-electron chi connectivity index (χ3n) is 6.54. The van der Waals surface area contributed by atoms with Crippen LogP contribution in [0.5, 0.6) is 17.2 Å². The number of ether oxygens (including phenoxy) is 4. The summed E-state index contributed by atoms with van der Waals surface area (Å²) in [6.07, 6.45) is 1.50. The largest absolute Gasteiger partial charge is 0.494 e. The van der Waals surface area contributed by atoms with E-state index in [4.69, 9.17) is 30.5 Å². The van der Waals surface area contributed by atoms with Crippen LogP contribution in [-0.4, -0.2) is 63.6 Å². The van der Waals surface area contributed by atoms with Crippen molar-refractivity contribution in [2.24, 2.45) is 0 Å². The fourth-order valence-corrected chi connectivity index (χ4v) is 4.79. The number of hydrogen-bond donors (Lipinski definition) is 1. The van der Waals surface area contributed by atoms with E-state index in [0.717, 1.165) is 43.6 Å². The molecule has 0 radical (unpaired) electrons. The molecule has 8 nitrogen and oxygen atoms in total. The summed E-state index contributed by atoms with van der Waals surface area (Å²) in [5, 5.41) is 15.5. The number of anilines is 2. The van der Waals surface area contributed by atoms with E-state index in [-0.39, 0.29) is 10.8 Å². The molecule has 10 heteroatoms. The van der Waals surface area contributed by atoms with E-state index in [2.05, 4.69) is 21.3 Å². The average molecular weight is 537 g/mol. The van der Waals surface area contributed by atoms with Crippen LogP contribution in [0.25, 0.3) is 21.7 Å². The average Bonchev–Trinajstić information content (AvgIpc) is 2.94. The first-order valence-electron chi connectivity index (χ1n) is 12.1. The summed E-state index contributed by atoms with van der Waals surface area (Å²) < 4.78 is 36.4. The standard InChI is InChI=1S/C28H26ClFN4O4/c1-35-25-14-23(21(29)13-22(25)30)33-26-17(15-31)16-32-27-18-5-6-24(28(36-2)19(18)3-4-20(26)27)38-12-9-34-7-10-37-11-8-34/h3-6,13-14,16H,7-12H2,1-2H3,(H,32,33). The Labute approximate surface area is 224 Å². The number of aromatic nitrogens is 1. The first kappa shape index (κ1) is 25.8. The number of benzene rings is 3. The Bertz CT molecular complexity index is 1540. The van der Waals surface area contributed by atoms with E-state index in [1.54, 1.807) is 7.11 Å². The fourth-order valence-electron chi connectivity index (χ4n) is 4.59. The van der Waals surface area contributed by atoms with Gasteiger partial charge in [-0.15, -0.1) is 0 Å². The summed E-state index contributed by atoms with van der Waals surface area (Å²) >= 11 is 6.30. The molecule has 196 valence electrons. The molecule has 0 amide bonds. The number of nitrogens with one attached hydrogen (secondary N) is 1. The van der Waals surface area contributed by atoms with E-state index in [0.29, 0.717) is 45.9 Å². The molecule has 4 aromatic rings. The van der Waals surface area contributed by atoms with Crippen molar-refractivity contribution in [3.8, 4) is 23.3 Å². The second-order valence-corrected chi connectivity index (χ2v) is 9.11. The summed E-state index contributed by atoms with van der Waals surface area (Å²) in [5.41, 5.74) is 1.87. The third-order valence-corrected chi connectivity index (χ3v) is 6.86. The van der Waals surface area contributed by atoms with E-state index in [9.17, 15) is 9.65 Å². The van der Waals surface area contributed by atoms with Crippen molar-refractivity contribution in [2.75, 3.05) is 59.0 Å². The van der Waals surface area contributed by atoms with Crippen LogP contribution in [0.1, 0.15) is 5.56 Å². The number of nitrogens with zero attached hydrogens (tertiary/aromatic N) is 3. The predicted molar refractivity (Wildman–Crippen MR) is 145 cm³/mol. The van der Waals surface area contributed by atoms with Gasteiger partial charge in [-0.05, 0) is 30.3 Å². The van der Waals surface area contributed by atoms with E-state index >= 15 is 0 Å². The molecule has 0 aliphatic carbocycles. The van der Waals surface area contributed by atoms with Crippen LogP contribution in [0.2, 0.25) is 5.02 Å². The molecule has 1 aliphatic heterocycles. The molecule has 0 saturated carbocycles. The zero-order chi connectivity index (χ0) is 26.6. The minimum absolute atomic E-state index is 0.0325. The van der Waals surface area contributed by atoms with Crippen molar-refractivity contribution < 1.29 is 23.3 Å².